The molecular weight excluding hydrogens is 267 g/mol. The monoisotopic (exact) mass is 286 g/mol. The highest BCUT2D eigenvalue weighted by atomic mass is 19.1. The zero-order chi connectivity index (χ0) is 15.2. The van der Waals surface area contributed by atoms with Crippen LogP contribution in [0, 0.1) is 12.7 Å². The van der Waals surface area contributed by atoms with Crippen molar-refractivity contribution in [3.05, 3.63) is 59.4 Å². The van der Waals surface area contributed by atoms with Crippen LogP contribution in [0.2, 0.25) is 0 Å². The lowest BCUT2D eigenvalue weighted by Crippen LogP contribution is -2.09. The first-order valence-electron chi connectivity index (χ1n) is 6.97. The summed E-state index contributed by atoms with van der Waals surface area (Å²) in [5.74, 6) is -0.218. The van der Waals surface area contributed by atoms with Crippen LogP contribution in [0.1, 0.15) is 24.5 Å². The van der Waals surface area contributed by atoms with Crippen molar-refractivity contribution in [3.8, 4) is 0 Å². The predicted molar refractivity (Wildman–Crippen MR) is 83.8 cm³/mol. The van der Waals surface area contributed by atoms with Crippen LogP contribution >= 0.6 is 0 Å². The molecule has 0 aromatic heterocycles. The van der Waals surface area contributed by atoms with Gasteiger partial charge in [-0.25, -0.2) is 4.39 Å². The Morgan fingerprint density at radius 2 is 1.76 bits per heavy atom. The molecule has 1 amide bonds. The van der Waals surface area contributed by atoms with Crippen LogP contribution in [0.15, 0.2) is 42.5 Å². The smallest absolute Gasteiger partial charge is 0.224 e. The highest BCUT2D eigenvalue weighted by Crippen LogP contribution is 2.16. The van der Waals surface area contributed by atoms with Crippen LogP contribution < -0.4 is 10.6 Å². The van der Waals surface area contributed by atoms with Gasteiger partial charge < -0.3 is 10.6 Å². The Morgan fingerprint density at radius 1 is 1.10 bits per heavy atom. The summed E-state index contributed by atoms with van der Waals surface area (Å²) in [5, 5.41) is 6.08. The molecule has 0 radical (unpaired) electrons. The average molecular weight is 286 g/mol. The second-order valence-electron chi connectivity index (χ2n) is 4.90. The molecule has 0 atom stereocenters. The van der Waals surface area contributed by atoms with E-state index in [9.17, 15) is 9.18 Å². The van der Waals surface area contributed by atoms with Gasteiger partial charge in [-0.1, -0.05) is 13.0 Å². The van der Waals surface area contributed by atoms with Gasteiger partial charge in [0.2, 0.25) is 5.91 Å². The number of halogens is 1. The maximum absolute atomic E-state index is 13.0. The van der Waals surface area contributed by atoms with Gasteiger partial charge in [-0.05, 0) is 54.4 Å². The summed E-state index contributed by atoms with van der Waals surface area (Å²) in [6.07, 6.45) is 0.462. The van der Waals surface area contributed by atoms with Gasteiger partial charge in [-0.2, -0.15) is 0 Å². The molecule has 0 saturated carbocycles. The number of amides is 1. The molecule has 0 aliphatic heterocycles. The predicted octanol–water partition coefficient (Wildman–Crippen LogP) is 4.09. The summed E-state index contributed by atoms with van der Waals surface area (Å²) in [7, 11) is 0. The second kappa shape index (κ2) is 6.88. The van der Waals surface area contributed by atoms with Crippen LogP contribution in [0.5, 0.6) is 0 Å². The van der Waals surface area contributed by atoms with E-state index in [1.54, 1.807) is 6.07 Å². The Balaban J connectivity index is 1.96. The highest BCUT2D eigenvalue weighted by molar-refractivity contribution is 5.90. The van der Waals surface area contributed by atoms with Gasteiger partial charge in [0, 0.05) is 24.3 Å². The topological polar surface area (TPSA) is 41.1 Å². The van der Waals surface area contributed by atoms with Gasteiger partial charge >= 0.3 is 0 Å². The molecule has 0 aliphatic carbocycles. The van der Waals surface area contributed by atoms with Crippen molar-refractivity contribution >= 4 is 17.3 Å². The maximum Gasteiger partial charge on any atom is 0.224 e. The maximum atomic E-state index is 13.0. The van der Waals surface area contributed by atoms with Gasteiger partial charge in [0.25, 0.3) is 0 Å². The molecule has 2 aromatic rings. The highest BCUT2D eigenvalue weighted by Gasteiger charge is 2.01. The van der Waals surface area contributed by atoms with Crippen molar-refractivity contribution in [2.24, 2.45) is 0 Å². The normalized spacial score (nSPS) is 10.2. The fourth-order valence-electron chi connectivity index (χ4n) is 1.98. The average Bonchev–Trinajstić information content (AvgIpc) is 2.48. The van der Waals surface area contributed by atoms with Gasteiger partial charge in [-0.3, -0.25) is 4.79 Å². The summed E-state index contributed by atoms with van der Waals surface area (Å²) < 4.78 is 13.0. The van der Waals surface area contributed by atoms with E-state index in [1.807, 2.05) is 38.1 Å². The van der Waals surface area contributed by atoms with Crippen LogP contribution in [0.25, 0.3) is 0 Å². The Bertz CT molecular complexity index is 623. The minimum absolute atomic E-state index is 0.00218. The number of anilines is 2. The van der Waals surface area contributed by atoms with E-state index in [4.69, 9.17) is 0 Å². The Labute approximate surface area is 124 Å². The van der Waals surface area contributed by atoms with Crippen LogP contribution in [-0.4, -0.2) is 5.91 Å². The zero-order valence-corrected chi connectivity index (χ0v) is 12.2. The number of aryl methyl sites for hydroxylation is 1. The molecule has 21 heavy (non-hydrogen) atoms. The molecule has 4 heteroatoms. The van der Waals surface area contributed by atoms with E-state index in [2.05, 4.69) is 10.6 Å². The second-order valence-corrected chi connectivity index (χ2v) is 4.90. The van der Waals surface area contributed by atoms with Crippen molar-refractivity contribution in [1.29, 1.82) is 0 Å². The number of benzene rings is 2. The lowest BCUT2D eigenvalue weighted by molar-refractivity contribution is -0.115. The van der Waals surface area contributed by atoms with Crippen LogP contribution in [-0.2, 0) is 11.3 Å². The SMILES string of the molecule is CCC(=O)Nc1ccc(NCc2ccc(F)cc2C)cc1. The molecule has 0 unspecified atom stereocenters. The number of rotatable bonds is 5. The molecule has 0 fully saturated rings. The van der Waals surface area contributed by atoms with Crippen LogP contribution in [0.4, 0.5) is 15.8 Å². The van der Waals surface area contributed by atoms with Crippen molar-refractivity contribution in [2.45, 2.75) is 26.8 Å². The third-order valence-electron chi connectivity index (χ3n) is 3.28. The van der Waals surface area contributed by atoms with E-state index in [0.29, 0.717) is 13.0 Å². The Hall–Kier alpha value is -2.36. The van der Waals surface area contributed by atoms with Gasteiger partial charge in [-0.15, -0.1) is 0 Å². The number of hydrogen-bond acceptors (Lipinski definition) is 2. The minimum Gasteiger partial charge on any atom is -0.381 e. The summed E-state index contributed by atoms with van der Waals surface area (Å²) in [4.78, 5) is 11.3. The fourth-order valence-corrected chi connectivity index (χ4v) is 1.98. The molecule has 110 valence electrons. The van der Waals surface area contributed by atoms with Crippen LogP contribution in [0.3, 0.4) is 0 Å². The molecule has 2 N–H and O–H groups in total. The third kappa shape index (κ3) is 4.31. The number of carbonyl (C=O) groups excluding carboxylic acids is 1. The van der Waals surface area contributed by atoms with Crippen molar-refractivity contribution in [1.82, 2.24) is 0 Å². The first kappa shape index (κ1) is 15.0. The van der Waals surface area contributed by atoms with E-state index >= 15 is 0 Å². The fraction of sp³-hybridized carbons (Fsp3) is 0.235. The summed E-state index contributed by atoms with van der Waals surface area (Å²) in [5.41, 5.74) is 3.72. The van der Waals surface area contributed by atoms with E-state index in [1.165, 1.54) is 12.1 Å². The van der Waals surface area contributed by atoms with E-state index in [-0.39, 0.29) is 11.7 Å². The number of carbonyl (C=O) groups is 1. The Morgan fingerprint density at radius 3 is 2.38 bits per heavy atom. The molecule has 3 nitrogen and oxygen atoms in total. The minimum atomic E-state index is -0.215. The molecule has 0 spiro atoms. The number of nitrogens with one attached hydrogen (secondary N) is 2. The van der Waals surface area contributed by atoms with Gasteiger partial charge in [0.1, 0.15) is 5.82 Å². The molecule has 0 aliphatic rings. The molecule has 2 aromatic carbocycles. The lowest BCUT2D eigenvalue weighted by atomic mass is 10.1. The van der Waals surface area contributed by atoms with Crippen molar-refractivity contribution < 1.29 is 9.18 Å². The molecular formula is C17H19FN2O. The molecule has 0 heterocycles. The standard InChI is InChI=1S/C17H19FN2O/c1-3-17(21)20-16-8-6-15(7-9-16)19-11-13-4-5-14(18)10-12(13)2/h4-10,19H,3,11H2,1-2H3,(H,20,21). The Kier molecular flexibility index (Phi) is 4.93. The number of hydrogen-bond donors (Lipinski definition) is 2. The molecule has 2 rings (SSSR count). The van der Waals surface area contributed by atoms with E-state index in [0.717, 1.165) is 22.5 Å². The van der Waals surface area contributed by atoms with Gasteiger partial charge in [0.15, 0.2) is 0 Å². The molecule has 0 bridgehead atoms. The quantitative estimate of drug-likeness (QED) is 0.869. The summed E-state index contributed by atoms with van der Waals surface area (Å²) in [6, 6.07) is 12.3. The molecule has 0 saturated heterocycles. The van der Waals surface area contributed by atoms with Crippen molar-refractivity contribution in [2.75, 3.05) is 10.6 Å². The lowest BCUT2D eigenvalue weighted by Gasteiger charge is -2.10. The summed E-state index contributed by atoms with van der Waals surface area (Å²) in [6.45, 7) is 4.34. The summed E-state index contributed by atoms with van der Waals surface area (Å²) >= 11 is 0. The first-order chi connectivity index (χ1) is 10.1. The van der Waals surface area contributed by atoms with Crippen molar-refractivity contribution in [3.63, 3.8) is 0 Å². The largest absolute Gasteiger partial charge is 0.381 e. The zero-order valence-electron chi connectivity index (χ0n) is 12.2. The third-order valence-corrected chi connectivity index (χ3v) is 3.28. The first-order valence-corrected chi connectivity index (χ1v) is 6.97. The van der Waals surface area contributed by atoms with Gasteiger partial charge in [0.05, 0.1) is 0 Å². The van der Waals surface area contributed by atoms with E-state index < -0.39 is 0 Å².